The average molecular weight is 529 g/mol. The second-order valence-electron chi connectivity index (χ2n) is 8.22. The molecule has 0 saturated carbocycles. The molecule has 2 aliphatic heterocycles. The van der Waals surface area contributed by atoms with Gasteiger partial charge in [-0.15, -0.1) is 0 Å². The Kier molecular flexibility index (Phi) is 8.64. The zero-order chi connectivity index (χ0) is 24.3. The van der Waals surface area contributed by atoms with Gasteiger partial charge in [0.2, 0.25) is 10.0 Å². The van der Waals surface area contributed by atoms with Crippen molar-refractivity contribution in [2.75, 3.05) is 75.4 Å². The minimum Gasteiger partial charge on any atom is -0.768 e. The molecule has 12 nitrogen and oxygen atoms in total. The van der Waals surface area contributed by atoms with Crippen molar-refractivity contribution in [1.29, 1.82) is 0 Å². The van der Waals surface area contributed by atoms with Crippen molar-refractivity contribution in [3.05, 3.63) is 29.2 Å². The standard InChI is InChI=1S/C18H32N4O8S3/c23-22(24)17-3-1-2-4-18(17)33(29,30)21(7-5-19-9-13-31(25,26)14-10-19)8-6-20-11-15-32(27,28)16-12-20/h1-4H,5-16H2,(H4-,23,24,25,26,27,28). The van der Waals surface area contributed by atoms with Gasteiger partial charge in [-0.25, -0.2) is 13.6 Å². The molecule has 2 saturated heterocycles. The van der Waals surface area contributed by atoms with Gasteiger partial charge in [0.1, 0.15) is 0 Å². The molecule has 0 unspecified atom stereocenters. The summed E-state index contributed by atoms with van der Waals surface area (Å²) in [5, 5.41) is 9.40. The lowest BCUT2D eigenvalue weighted by atomic mass is 10.3. The lowest BCUT2D eigenvalue weighted by Crippen LogP contribution is -2.47. The van der Waals surface area contributed by atoms with Crippen LogP contribution in [0, 0.1) is 4.91 Å². The summed E-state index contributed by atoms with van der Waals surface area (Å²) in [7, 11) is -9.52. The van der Waals surface area contributed by atoms with Crippen LogP contribution in [0.25, 0.3) is 0 Å². The average Bonchev–Trinajstić information content (AvgIpc) is 2.75. The number of rotatable bonds is 9. The van der Waals surface area contributed by atoms with Gasteiger partial charge in [-0.3, -0.25) is 18.9 Å². The lowest BCUT2D eigenvalue weighted by molar-refractivity contribution is -0.731. The van der Waals surface area contributed by atoms with Crippen molar-refractivity contribution in [3.63, 3.8) is 0 Å². The molecule has 190 valence electrons. The first-order valence-electron chi connectivity index (χ1n) is 10.6. The summed E-state index contributed by atoms with van der Waals surface area (Å²) < 4.78 is 69.2. The predicted molar refractivity (Wildman–Crippen MR) is 126 cm³/mol. The van der Waals surface area contributed by atoms with E-state index < -0.39 is 36.1 Å². The van der Waals surface area contributed by atoms with Crippen LogP contribution in [0.15, 0.2) is 29.2 Å². The summed E-state index contributed by atoms with van der Waals surface area (Å²) in [6, 6.07) is 5.40. The molecular weight excluding hydrogens is 496 g/mol. The van der Waals surface area contributed by atoms with E-state index in [1.165, 1.54) is 28.6 Å². The van der Waals surface area contributed by atoms with Gasteiger partial charge < -0.3 is 19.7 Å². The van der Waals surface area contributed by atoms with Crippen LogP contribution in [0.4, 0.5) is 5.69 Å². The highest BCUT2D eigenvalue weighted by Gasteiger charge is 2.34. The number of para-hydroxylation sites is 1. The van der Waals surface area contributed by atoms with Crippen LogP contribution in [-0.4, -0.2) is 126 Å². The Hall–Kier alpha value is -1.01. The first kappa shape index (κ1) is 26.6. The number of sulfonamides is 1. The van der Waals surface area contributed by atoms with Gasteiger partial charge in [-0.05, 0) is 6.07 Å². The van der Waals surface area contributed by atoms with Gasteiger partial charge in [0, 0.05) is 69.9 Å². The Morgan fingerprint density at radius 3 is 1.94 bits per heavy atom. The number of hydrogen-bond acceptors (Lipinski definition) is 9. The van der Waals surface area contributed by atoms with Crippen molar-refractivity contribution in [2.45, 2.75) is 4.90 Å². The quantitative estimate of drug-likeness (QED) is 0.343. The molecule has 0 bridgehead atoms. The second kappa shape index (κ2) is 10.7. The van der Waals surface area contributed by atoms with Crippen LogP contribution < -0.4 is 0 Å². The van der Waals surface area contributed by atoms with Crippen LogP contribution in [0.3, 0.4) is 0 Å². The van der Waals surface area contributed by atoms with Gasteiger partial charge in [0.25, 0.3) is 4.92 Å². The topological polar surface area (TPSA) is 168 Å². The van der Waals surface area contributed by atoms with Gasteiger partial charge in [-0.2, -0.15) is 14.9 Å². The van der Waals surface area contributed by atoms with Crippen LogP contribution in [0.2, 0.25) is 0 Å². The zero-order valence-corrected chi connectivity index (χ0v) is 20.7. The molecule has 1 aromatic rings. The van der Waals surface area contributed by atoms with E-state index in [9.17, 15) is 36.7 Å². The monoisotopic (exact) mass is 528 g/mol. The van der Waals surface area contributed by atoms with E-state index in [1.807, 2.05) is 9.80 Å². The molecule has 0 radical (unpaired) electrons. The Morgan fingerprint density at radius 2 is 1.42 bits per heavy atom. The largest absolute Gasteiger partial charge is 0.768 e. The summed E-state index contributed by atoms with van der Waals surface area (Å²) >= 11 is 0. The number of benzene rings is 1. The Balaban J connectivity index is 1.74. The number of nitrogens with zero attached hydrogens (tertiary/aromatic N) is 4. The maximum absolute atomic E-state index is 13.5. The molecule has 15 heteroatoms. The molecule has 2 fully saturated rings. The summed E-state index contributed by atoms with van der Waals surface area (Å²) in [4.78, 5) is 14.6. The third-order valence-corrected chi connectivity index (χ3v) is 11.2. The van der Waals surface area contributed by atoms with Crippen molar-refractivity contribution in [1.82, 2.24) is 14.1 Å². The summed E-state index contributed by atoms with van der Waals surface area (Å²) in [6.45, 7) is 2.55. The van der Waals surface area contributed by atoms with Crippen molar-refractivity contribution >= 4 is 36.9 Å². The minimum absolute atomic E-state index is 0.0938. The fourth-order valence-corrected chi connectivity index (χ4v) is 7.98. The van der Waals surface area contributed by atoms with Gasteiger partial charge in [-0.1, -0.05) is 12.1 Å². The van der Waals surface area contributed by atoms with E-state index in [4.69, 9.17) is 0 Å². The summed E-state index contributed by atoms with van der Waals surface area (Å²) in [6.07, 6.45) is 0. The zero-order valence-electron chi connectivity index (χ0n) is 18.2. The highest BCUT2D eigenvalue weighted by molar-refractivity contribution is 8.24. The Labute approximate surface area is 197 Å². The molecule has 0 spiro atoms. The maximum Gasteiger partial charge on any atom is 0.336 e. The maximum atomic E-state index is 13.5. The SMILES string of the molecule is O=[N+](O)c1ccccc1S(=O)(=O)N(CCN1CCS([O-])(O)CC1)CCN1CCS(O)(O)CC1. The van der Waals surface area contributed by atoms with Crippen LogP contribution in [0.1, 0.15) is 0 Å². The van der Waals surface area contributed by atoms with Crippen molar-refractivity contribution in [3.8, 4) is 0 Å². The van der Waals surface area contributed by atoms with Crippen LogP contribution >= 0.6 is 21.2 Å². The molecular formula is C18H32N4O8S3. The van der Waals surface area contributed by atoms with Gasteiger partial charge in [0.15, 0.2) is 4.90 Å². The van der Waals surface area contributed by atoms with E-state index in [0.29, 0.717) is 39.3 Å². The minimum atomic E-state index is -4.15. The predicted octanol–water partition coefficient (Wildman–Crippen LogP) is 1.27. The van der Waals surface area contributed by atoms with E-state index in [1.54, 1.807) is 0 Å². The summed E-state index contributed by atoms with van der Waals surface area (Å²) in [5.74, 6) is 0.760. The van der Waals surface area contributed by atoms with Crippen molar-refractivity contribution in [2.24, 2.45) is 0 Å². The fourth-order valence-electron chi connectivity index (χ4n) is 3.80. The molecule has 3 rings (SSSR count). The molecule has 2 aliphatic rings. The first-order chi connectivity index (χ1) is 15.4. The van der Waals surface area contributed by atoms with E-state index in [0.717, 1.165) is 0 Å². The molecule has 0 amide bonds. The third-order valence-electron chi connectivity index (χ3n) is 5.94. The molecule has 2 heterocycles. The highest BCUT2D eigenvalue weighted by Crippen LogP contribution is 2.41. The smallest absolute Gasteiger partial charge is 0.336 e. The molecule has 0 aliphatic carbocycles. The second-order valence-corrected chi connectivity index (χ2v) is 14.9. The van der Waals surface area contributed by atoms with Gasteiger partial charge in [0.05, 0.1) is 16.4 Å². The Morgan fingerprint density at radius 1 is 0.939 bits per heavy atom. The van der Waals surface area contributed by atoms with Gasteiger partial charge >= 0.3 is 5.69 Å². The normalized spacial score (nSPS) is 23.8. The van der Waals surface area contributed by atoms with Crippen LogP contribution in [-0.2, 0) is 10.0 Å². The first-order valence-corrected chi connectivity index (χ1v) is 15.7. The van der Waals surface area contributed by atoms with E-state index in [2.05, 4.69) is 0 Å². The Bertz CT molecular complexity index is 894. The third kappa shape index (κ3) is 7.24. The molecule has 1 aromatic carbocycles. The lowest BCUT2D eigenvalue weighted by Gasteiger charge is -2.51. The fraction of sp³-hybridized carbons (Fsp3) is 0.667. The molecule has 4 N–H and O–H groups in total. The highest BCUT2D eigenvalue weighted by atomic mass is 32.3. The molecule has 0 aromatic heterocycles. The van der Waals surface area contributed by atoms with Crippen LogP contribution in [0.5, 0.6) is 0 Å². The molecule has 0 atom stereocenters. The van der Waals surface area contributed by atoms with E-state index >= 15 is 0 Å². The summed E-state index contributed by atoms with van der Waals surface area (Å²) in [5.41, 5.74) is -0.382. The molecule has 33 heavy (non-hydrogen) atoms. The number of hydrogen-bond donors (Lipinski definition) is 4. The van der Waals surface area contributed by atoms with Crippen molar-refractivity contribution < 1.29 is 36.8 Å². The van der Waals surface area contributed by atoms with E-state index in [-0.39, 0.29) is 46.7 Å².